The second kappa shape index (κ2) is 7.23. The lowest BCUT2D eigenvalue weighted by atomic mass is 10.1. The molecule has 124 valence electrons. The molecule has 23 heavy (non-hydrogen) atoms. The van der Waals surface area contributed by atoms with Crippen LogP contribution in [0.2, 0.25) is 0 Å². The highest BCUT2D eigenvalue weighted by molar-refractivity contribution is 7.99. The first kappa shape index (κ1) is 16.1. The van der Waals surface area contributed by atoms with Gasteiger partial charge in [-0.25, -0.2) is 4.79 Å². The van der Waals surface area contributed by atoms with Crippen LogP contribution in [-0.2, 0) is 11.3 Å². The molecule has 6 nitrogen and oxygen atoms in total. The average Bonchev–Trinajstić information content (AvgIpc) is 2.90. The molecule has 0 radical (unpaired) electrons. The van der Waals surface area contributed by atoms with Crippen molar-refractivity contribution in [3.05, 3.63) is 34.2 Å². The van der Waals surface area contributed by atoms with Gasteiger partial charge in [-0.1, -0.05) is 0 Å². The Balaban J connectivity index is 1.84. The third kappa shape index (κ3) is 3.45. The molecule has 0 unspecified atom stereocenters. The molecular weight excluding hydrogens is 314 g/mol. The number of rotatable bonds is 5. The van der Waals surface area contributed by atoms with Crippen LogP contribution in [0, 0.1) is 0 Å². The van der Waals surface area contributed by atoms with Crippen LogP contribution < -0.4 is 5.69 Å². The van der Waals surface area contributed by atoms with E-state index in [-0.39, 0.29) is 11.6 Å². The smallest absolute Gasteiger partial charge is 0.326 e. The van der Waals surface area contributed by atoms with Crippen molar-refractivity contribution in [1.82, 2.24) is 14.5 Å². The molecule has 1 aromatic heterocycles. The Morgan fingerprint density at radius 3 is 2.87 bits per heavy atom. The van der Waals surface area contributed by atoms with Crippen molar-refractivity contribution in [1.29, 1.82) is 0 Å². The number of thioether (sulfide) groups is 1. The number of hydrogen-bond acceptors (Lipinski definition) is 4. The van der Waals surface area contributed by atoms with E-state index in [9.17, 15) is 9.59 Å². The molecule has 7 heteroatoms. The molecule has 1 fully saturated rings. The van der Waals surface area contributed by atoms with Crippen LogP contribution in [0.15, 0.2) is 23.0 Å². The van der Waals surface area contributed by atoms with Gasteiger partial charge in [0, 0.05) is 36.8 Å². The van der Waals surface area contributed by atoms with Gasteiger partial charge in [-0.3, -0.25) is 9.36 Å². The summed E-state index contributed by atoms with van der Waals surface area (Å²) in [4.78, 5) is 29.3. The van der Waals surface area contributed by atoms with Crippen molar-refractivity contribution in [3.8, 4) is 0 Å². The zero-order valence-corrected chi connectivity index (χ0v) is 14.0. The predicted molar refractivity (Wildman–Crippen MR) is 92.3 cm³/mol. The Labute approximate surface area is 138 Å². The number of ether oxygens (including phenoxy) is 1. The van der Waals surface area contributed by atoms with E-state index in [0.717, 1.165) is 30.1 Å². The first-order valence-electron chi connectivity index (χ1n) is 7.88. The molecule has 1 aromatic carbocycles. The fraction of sp³-hybridized carbons (Fsp3) is 0.500. The number of nitrogens with zero attached hydrogens (tertiary/aromatic N) is 2. The van der Waals surface area contributed by atoms with Crippen LogP contribution in [0.1, 0.15) is 17.3 Å². The van der Waals surface area contributed by atoms with Gasteiger partial charge in [-0.15, -0.1) is 0 Å². The fourth-order valence-electron chi connectivity index (χ4n) is 2.77. The summed E-state index contributed by atoms with van der Waals surface area (Å²) in [6.45, 7) is 5.12. The van der Waals surface area contributed by atoms with Crippen LogP contribution >= 0.6 is 11.8 Å². The highest BCUT2D eigenvalue weighted by Crippen LogP contribution is 2.17. The fourth-order valence-corrected chi connectivity index (χ4v) is 3.67. The van der Waals surface area contributed by atoms with E-state index < -0.39 is 0 Å². The highest BCUT2D eigenvalue weighted by Gasteiger charge is 2.19. The molecule has 0 saturated carbocycles. The number of hydrogen-bond donors (Lipinski definition) is 1. The maximum atomic E-state index is 12.5. The Hall–Kier alpha value is -1.73. The quantitative estimate of drug-likeness (QED) is 0.842. The number of imidazole rings is 1. The number of fused-ring (bicyclic) bond motifs is 1. The van der Waals surface area contributed by atoms with Gasteiger partial charge >= 0.3 is 5.69 Å². The molecule has 1 aliphatic heterocycles. The zero-order valence-electron chi connectivity index (χ0n) is 13.2. The molecule has 1 saturated heterocycles. The van der Waals surface area contributed by atoms with Gasteiger partial charge in [0.05, 0.1) is 24.2 Å². The second-order valence-corrected chi connectivity index (χ2v) is 6.64. The summed E-state index contributed by atoms with van der Waals surface area (Å²) in [6, 6.07) is 5.42. The molecule has 3 rings (SSSR count). The summed E-state index contributed by atoms with van der Waals surface area (Å²) in [5.74, 6) is 2.01. The molecule has 0 aliphatic carbocycles. The summed E-state index contributed by atoms with van der Waals surface area (Å²) in [6.07, 6.45) is 0. The Morgan fingerprint density at radius 1 is 1.35 bits per heavy atom. The van der Waals surface area contributed by atoms with E-state index in [2.05, 4.69) is 4.98 Å². The lowest BCUT2D eigenvalue weighted by Crippen LogP contribution is -2.37. The number of nitrogens with one attached hydrogen (secondary N) is 1. The average molecular weight is 335 g/mol. The SMILES string of the molecule is CCOCCn1c(=O)[nH]c2cc(C(=O)N3CCSCC3)ccc21. The monoisotopic (exact) mass is 335 g/mol. The minimum atomic E-state index is -0.168. The standard InChI is InChI=1S/C16H21N3O3S/c1-2-22-8-5-19-14-4-3-12(11-13(14)17-16(19)21)15(20)18-6-9-23-10-7-18/h3-4,11H,2,5-10H2,1H3,(H,17,21). The van der Waals surface area contributed by atoms with E-state index in [1.807, 2.05) is 29.7 Å². The minimum absolute atomic E-state index is 0.0371. The number of aromatic nitrogens is 2. The first-order valence-corrected chi connectivity index (χ1v) is 9.03. The van der Waals surface area contributed by atoms with Crippen molar-refractivity contribution in [2.45, 2.75) is 13.5 Å². The molecule has 2 heterocycles. The van der Waals surface area contributed by atoms with E-state index in [1.54, 1.807) is 16.7 Å². The second-order valence-electron chi connectivity index (χ2n) is 5.42. The zero-order chi connectivity index (χ0) is 16.2. The van der Waals surface area contributed by atoms with Gasteiger partial charge < -0.3 is 14.6 Å². The highest BCUT2D eigenvalue weighted by atomic mass is 32.2. The summed E-state index contributed by atoms with van der Waals surface area (Å²) in [7, 11) is 0. The lowest BCUT2D eigenvalue weighted by molar-refractivity contribution is 0.0772. The largest absolute Gasteiger partial charge is 0.380 e. The number of aromatic amines is 1. The molecule has 0 bridgehead atoms. The molecular formula is C16H21N3O3S. The normalized spacial score (nSPS) is 15.3. The number of carbonyl (C=O) groups excluding carboxylic acids is 1. The minimum Gasteiger partial charge on any atom is -0.380 e. The van der Waals surface area contributed by atoms with Crippen LogP contribution in [0.25, 0.3) is 11.0 Å². The van der Waals surface area contributed by atoms with Gasteiger partial charge in [-0.2, -0.15) is 11.8 Å². The first-order chi connectivity index (χ1) is 11.2. The maximum Gasteiger partial charge on any atom is 0.326 e. The van der Waals surface area contributed by atoms with E-state index in [4.69, 9.17) is 4.74 Å². The number of amides is 1. The van der Waals surface area contributed by atoms with Crippen LogP contribution in [0.3, 0.4) is 0 Å². The van der Waals surface area contributed by atoms with Gasteiger partial charge in [-0.05, 0) is 25.1 Å². The van der Waals surface area contributed by atoms with Crippen molar-refractivity contribution < 1.29 is 9.53 Å². The molecule has 1 aliphatic rings. The summed E-state index contributed by atoms with van der Waals surface area (Å²) < 4.78 is 6.97. The number of carbonyl (C=O) groups is 1. The van der Waals surface area contributed by atoms with E-state index in [1.165, 1.54) is 0 Å². The van der Waals surface area contributed by atoms with Gasteiger partial charge in [0.25, 0.3) is 5.91 Å². The van der Waals surface area contributed by atoms with E-state index >= 15 is 0 Å². The number of benzene rings is 1. The predicted octanol–water partition coefficient (Wildman–Crippen LogP) is 1.56. The number of H-pyrrole nitrogens is 1. The Bertz CT molecular complexity index is 747. The maximum absolute atomic E-state index is 12.5. The molecule has 0 spiro atoms. The molecule has 1 amide bonds. The van der Waals surface area contributed by atoms with Gasteiger partial charge in [0.1, 0.15) is 0 Å². The van der Waals surface area contributed by atoms with Crippen molar-refractivity contribution >= 4 is 28.7 Å². The van der Waals surface area contributed by atoms with Crippen LogP contribution in [0.5, 0.6) is 0 Å². The summed E-state index contributed by atoms with van der Waals surface area (Å²) in [5.41, 5.74) is 1.96. The van der Waals surface area contributed by atoms with Crippen molar-refractivity contribution in [3.63, 3.8) is 0 Å². The third-order valence-electron chi connectivity index (χ3n) is 3.98. The van der Waals surface area contributed by atoms with Crippen LogP contribution in [0.4, 0.5) is 0 Å². The molecule has 1 N–H and O–H groups in total. The van der Waals surface area contributed by atoms with Crippen LogP contribution in [-0.4, -0.2) is 58.2 Å². The summed E-state index contributed by atoms with van der Waals surface area (Å²) in [5, 5.41) is 0. The van der Waals surface area contributed by atoms with Gasteiger partial charge in [0.15, 0.2) is 0 Å². The van der Waals surface area contributed by atoms with Crippen molar-refractivity contribution in [2.24, 2.45) is 0 Å². The third-order valence-corrected chi connectivity index (χ3v) is 4.93. The van der Waals surface area contributed by atoms with Crippen molar-refractivity contribution in [2.75, 3.05) is 37.8 Å². The Morgan fingerprint density at radius 2 is 2.13 bits per heavy atom. The van der Waals surface area contributed by atoms with Gasteiger partial charge in [0.2, 0.25) is 0 Å². The topological polar surface area (TPSA) is 67.3 Å². The Kier molecular flexibility index (Phi) is 5.07. The summed E-state index contributed by atoms with van der Waals surface area (Å²) >= 11 is 1.87. The lowest BCUT2D eigenvalue weighted by Gasteiger charge is -2.26. The molecule has 2 aromatic rings. The molecule has 0 atom stereocenters. The van der Waals surface area contributed by atoms with E-state index in [0.29, 0.717) is 30.8 Å².